The fourth-order valence-corrected chi connectivity index (χ4v) is 2.41. The normalized spacial score (nSPS) is 17.9. The van der Waals surface area contributed by atoms with Crippen LogP contribution in [-0.2, 0) is 4.79 Å². The molecule has 0 aromatic rings. The first kappa shape index (κ1) is 15.8. The zero-order valence-corrected chi connectivity index (χ0v) is 12.2. The van der Waals surface area contributed by atoms with Crippen molar-refractivity contribution in [2.24, 2.45) is 11.3 Å². The van der Waals surface area contributed by atoms with Crippen molar-refractivity contribution in [2.45, 2.75) is 46.5 Å². The molecule has 1 heterocycles. The number of carboxylic acids is 1. The van der Waals surface area contributed by atoms with E-state index in [9.17, 15) is 14.7 Å². The van der Waals surface area contributed by atoms with Crippen LogP contribution >= 0.6 is 0 Å². The number of urea groups is 1. The maximum atomic E-state index is 11.9. The van der Waals surface area contributed by atoms with Crippen molar-refractivity contribution in [3.63, 3.8) is 0 Å². The maximum absolute atomic E-state index is 11.9. The summed E-state index contributed by atoms with van der Waals surface area (Å²) >= 11 is 0. The number of amides is 2. The van der Waals surface area contributed by atoms with E-state index in [1.807, 2.05) is 20.8 Å². The molecular weight excluding hydrogens is 244 g/mol. The fourth-order valence-electron chi connectivity index (χ4n) is 2.41. The number of piperidine rings is 1. The quantitative estimate of drug-likeness (QED) is 0.823. The molecule has 0 aromatic carbocycles. The van der Waals surface area contributed by atoms with Gasteiger partial charge >= 0.3 is 12.0 Å². The second kappa shape index (κ2) is 6.78. The lowest BCUT2D eigenvalue weighted by Crippen LogP contribution is -2.45. The number of likely N-dealkylation sites (tertiary alicyclic amines) is 1. The molecule has 5 nitrogen and oxygen atoms in total. The summed E-state index contributed by atoms with van der Waals surface area (Å²) in [6.07, 6.45) is 3.81. The van der Waals surface area contributed by atoms with Crippen LogP contribution in [0.15, 0.2) is 0 Å². The van der Waals surface area contributed by atoms with E-state index in [1.54, 1.807) is 4.90 Å². The molecule has 0 saturated carbocycles. The van der Waals surface area contributed by atoms with Crippen molar-refractivity contribution in [2.75, 3.05) is 19.6 Å². The first-order valence-electron chi connectivity index (χ1n) is 7.05. The molecule has 0 spiro atoms. The standard InChI is InChI=1S/C14H26N2O3/c1-14(2,3)9-11(12(17)18)10-15-13(19)16-7-5-4-6-8-16/h11H,4-10H2,1-3H3,(H,15,19)(H,17,18). The van der Waals surface area contributed by atoms with Gasteiger partial charge in [0.1, 0.15) is 0 Å². The second-order valence-electron chi connectivity index (χ2n) is 6.53. The minimum atomic E-state index is -0.839. The Kier molecular flexibility index (Phi) is 5.63. The van der Waals surface area contributed by atoms with Gasteiger partial charge in [-0.05, 0) is 31.1 Å². The van der Waals surface area contributed by atoms with Gasteiger partial charge in [-0.1, -0.05) is 20.8 Å². The third-order valence-corrected chi connectivity index (χ3v) is 3.35. The highest BCUT2D eigenvalue weighted by Gasteiger charge is 2.26. The van der Waals surface area contributed by atoms with Crippen LogP contribution in [0.5, 0.6) is 0 Å². The van der Waals surface area contributed by atoms with Gasteiger partial charge in [-0.2, -0.15) is 0 Å². The summed E-state index contributed by atoms with van der Waals surface area (Å²) in [5.74, 6) is -1.36. The third-order valence-electron chi connectivity index (χ3n) is 3.35. The summed E-state index contributed by atoms with van der Waals surface area (Å²) < 4.78 is 0. The first-order valence-corrected chi connectivity index (χ1v) is 7.05. The van der Waals surface area contributed by atoms with Crippen molar-refractivity contribution in [1.82, 2.24) is 10.2 Å². The van der Waals surface area contributed by atoms with Crippen LogP contribution < -0.4 is 5.32 Å². The Morgan fingerprint density at radius 1 is 1.21 bits per heavy atom. The van der Waals surface area contributed by atoms with Gasteiger partial charge in [0.05, 0.1) is 5.92 Å². The monoisotopic (exact) mass is 270 g/mol. The topological polar surface area (TPSA) is 69.6 Å². The predicted molar refractivity (Wildman–Crippen MR) is 74.0 cm³/mol. The summed E-state index contributed by atoms with van der Waals surface area (Å²) in [7, 11) is 0. The van der Waals surface area contributed by atoms with E-state index in [0.29, 0.717) is 6.42 Å². The molecule has 19 heavy (non-hydrogen) atoms. The van der Waals surface area contributed by atoms with Crippen LogP contribution in [0, 0.1) is 11.3 Å². The zero-order chi connectivity index (χ0) is 14.5. The van der Waals surface area contributed by atoms with E-state index in [2.05, 4.69) is 5.32 Å². The van der Waals surface area contributed by atoms with Crippen molar-refractivity contribution in [1.29, 1.82) is 0 Å². The zero-order valence-electron chi connectivity index (χ0n) is 12.2. The van der Waals surface area contributed by atoms with E-state index in [0.717, 1.165) is 25.9 Å². The molecule has 0 aromatic heterocycles. The van der Waals surface area contributed by atoms with Crippen LogP contribution in [-0.4, -0.2) is 41.6 Å². The first-order chi connectivity index (χ1) is 8.79. The Hall–Kier alpha value is -1.26. The fraction of sp³-hybridized carbons (Fsp3) is 0.857. The Labute approximate surface area is 115 Å². The number of aliphatic carboxylic acids is 1. The third kappa shape index (κ3) is 5.94. The van der Waals surface area contributed by atoms with Crippen LogP contribution in [0.25, 0.3) is 0 Å². The van der Waals surface area contributed by atoms with Gasteiger partial charge in [0.25, 0.3) is 0 Å². The molecule has 1 aliphatic rings. The largest absolute Gasteiger partial charge is 0.481 e. The highest BCUT2D eigenvalue weighted by Crippen LogP contribution is 2.24. The number of nitrogens with zero attached hydrogens (tertiary/aromatic N) is 1. The molecule has 0 radical (unpaired) electrons. The minimum Gasteiger partial charge on any atom is -0.481 e. The summed E-state index contributed by atoms with van der Waals surface area (Å²) in [6, 6.07) is -0.125. The molecule has 1 aliphatic heterocycles. The summed E-state index contributed by atoms with van der Waals surface area (Å²) in [5.41, 5.74) is -0.0566. The molecule has 2 N–H and O–H groups in total. The molecule has 1 unspecified atom stereocenters. The van der Waals surface area contributed by atoms with Crippen molar-refractivity contribution >= 4 is 12.0 Å². The SMILES string of the molecule is CC(C)(C)CC(CNC(=O)N1CCCCC1)C(=O)O. The highest BCUT2D eigenvalue weighted by atomic mass is 16.4. The Morgan fingerprint density at radius 2 is 1.79 bits per heavy atom. The van der Waals surface area contributed by atoms with Crippen LogP contribution in [0.4, 0.5) is 4.79 Å². The van der Waals surface area contributed by atoms with Crippen LogP contribution in [0.2, 0.25) is 0 Å². The predicted octanol–water partition coefficient (Wildman–Crippen LogP) is 2.32. The lowest BCUT2D eigenvalue weighted by Gasteiger charge is -2.28. The van der Waals surface area contributed by atoms with Gasteiger partial charge in [-0.25, -0.2) is 4.79 Å². The van der Waals surface area contributed by atoms with E-state index < -0.39 is 11.9 Å². The van der Waals surface area contributed by atoms with Crippen LogP contribution in [0.3, 0.4) is 0 Å². The van der Waals surface area contributed by atoms with Gasteiger partial charge in [0.2, 0.25) is 0 Å². The molecule has 0 aliphatic carbocycles. The molecule has 1 rings (SSSR count). The Balaban J connectivity index is 2.42. The molecule has 5 heteroatoms. The molecule has 1 fully saturated rings. The Bertz CT molecular complexity index is 317. The number of rotatable bonds is 4. The van der Waals surface area contributed by atoms with Crippen LogP contribution in [0.1, 0.15) is 46.5 Å². The van der Waals surface area contributed by atoms with Crippen molar-refractivity contribution in [3.8, 4) is 0 Å². The van der Waals surface area contributed by atoms with Crippen molar-refractivity contribution in [3.05, 3.63) is 0 Å². The number of nitrogens with one attached hydrogen (secondary N) is 1. The van der Waals surface area contributed by atoms with Crippen molar-refractivity contribution < 1.29 is 14.7 Å². The second-order valence-corrected chi connectivity index (χ2v) is 6.53. The summed E-state index contributed by atoms with van der Waals surface area (Å²) in [6.45, 7) is 7.80. The number of carboxylic acid groups (broad SMARTS) is 1. The summed E-state index contributed by atoms with van der Waals surface area (Å²) in [4.78, 5) is 24.9. The van der Waals surface area contributed by atoms with Gasteiger partial charge in [-0.15, -0.1) is 0 Å². The molecule has 0 bridgehead atoms. The molecule has 1 saturated heterocycles. The van der Waals surface area contributed by atoms with E-state index >= 15 is 0 Å². The van der Waals surface area contributed by atoms with Gasteiger partial charge in [-0.3, -0.25) is 4.79 Å². The van der Waals surface area contributed by atoms with E-state index in [-0.39, 0.29) is 18.0 Å². The Morgan fingerprint density at radius 3 is 2.26 bits per heavy atom. The van der Waals surface area contributed by atoms with Gasteiger partial charge in [0.15, 0.2) is 0 Å². The minimum absolute atomic E-state index is 0.0566. The molecular formula is C14H26N2O3. The molecule has 110 valence electrons. The number of hydrogen-bond acceptors (Lipinski definition) is 2. The lowest BCUT2D eigenvalue weighted by atomic mass is 9.84. The van der Waals surface area contributed by atoms with Gasteiger partial charge < -0.3 is 15.3 Å². The maximum Gasteiger partial charge on any atom is 0.317 e. The van der Waals surface area contributed by atoms with E-state index in [4.69, 9.17) is 0 Å². The summed E-state index contributed by atoms with van der Waals surface area (Å²) in [5, 5.41) is 12.0. The molecule has 2 amide bonds. The highest BCUT2D eigenvalue weighted by molar-refractivity contribution is 5.76. The van der Waals surface area contributed by atoms with Gasteiger partial charge in [0, 0.05) is 19.6 Å². The number of carbonyl (C=O) groups is 2. The smallest absolute Gasteiger partial charge is 0.317 e. The average molecular weight is 270 g/mol. The molecule has 1 atom stereocenters. The number of hydrogen-bond donors (Lipinski definition) is 2. The average Bonchev–Trinajstić information content (AvgIpc) is 2.33. The number of carbonyl (C=O) groups excluding carboxylic acids is 1. The van der Waals surface area contributed by atoms with E-state index in [1.165, 1.54) is 6.42 Å². The lowest BCUT2D eigenvalue weighted by molar-refractivity contribution is -0.142.